The summed E-state index contributed by atoms with van der Waals surface area (Å²) in [6, 6.07) is 1.84. The number of aryl methyl sites for hydroxylation is 2. The Morgan fingerprint density at radius 3 is 2.78 bits per heavy atom. The quantitative estimate of drug-likeness (QED) is 0.870. The zero-order valence-electron chi connectivity index (χ0n) is 10.6. The van der Waals surface area contributed by atoms with Crippen LogP contribution in [0.2, 0.25) is 5.15 Å². The molecule has 0 spiro atoms. The fourth-order valence-corrected chi connectivity index (χ4v) is 2.56. The minimum atomic E-state index is 0.111. The van der Waals surface area contributed by atoms with Crippen LogP contribution in [-0.4, -0.2) is 15.0 Å². The largest absolute Gasteiger partial charge is 0.361 e. The minimum absolute atomic E-state index is 0.111. The normalized spacial score (nSPS) is 12.4. The third-order valence-corrected chi connectivity index (χ3v) is 3.77. The topological polar surface area (TPSA) is 50.7 Å². The van der Waals surface area contributed by atoms with Gasteiger partial charge in [-0.3, -0.25) is 0 Å². The number of aromatic nitrogens is 3. The van der Waals surface area contributed by atoms with Gasteiger partial charge < -0.3 is 5.32 Å². The highest BCUT2D eigenvalue weighted by Crippen LogP contribution is 2.22. The second kappa shape index (κ2) is 5.63. The lowest BCUT2D eigenvalue weighted by Gasteiger charge is -2.12. The molecule has 2 heterocycles. The van der Waals surface area contributed by atoms with Crippen LogP contribution in [0.1, 0.15) is 36.4 Å². The molecule has 0 saturated carbocycles. The van der Waals surface area contributed by atoms with E-state index in [1.807, 2.05) is 19.2 Å². The van der Waals surface area contributed by atoms with Gasteiger partial charge in [0.05, 0.1) is 6.04 Å². The monoisotopic (exact) mass is 282 g/mol. The number of halogens is 1. The Bertz CT molecular complexity index is 541. The van der Waals surface area contributed by atoms with Crippen LogP contribution in [0, 0.1) is 6.92 Å². The van der Waals surface area contributed by atoms with Gasteiger partial charge in [-0.2, -0.15) is 0 Å². The zero-order chi connectivity index (χ0) is 13.1. The van der Waals surface area contributed by atoms with Gasteiger partial charge in [-0.15, -0.1) is 11.3 Å². The maximum atomic E-state index is 5.96. The first-order valence-corrected chi connectivity index (χ1v) is 7.06. The molecule has 4 nitrogen and oxygen atoms in total. The average Bonchev–Trinajstić information content (AvgIpc) is 2.75. The first kappa shape index (κ1) is 13.2. The van der Waals surface area contributed by atoms with E-state index in [9.17, 15) is 0 Å². The second-order valence-electron chi connectivity index (χ2n) is 4.04. The molecule has 1 atom stereocenters. The van der Waals surface area contributed by atoms with Gasteiger partial charge in [0, 0.05) is 23.6 Å². The van der Waals surface area contributed by atoms with Gasteiger partial charge in [0.15, 0.2) is 0 Å². The molecule has 0 fully saturated rings. The number of hydrogen-bond donors (Lipinski definition) is 1. The van der Waals surface area contributed by atoms with Crippen LogP contribution in [0.3, 0.4) is 0 Å². The molecular formula is C12H15ClN4S. The lowest BCUT2D eigenvalue weighted by atomic mass is 10.3. The molecule has 1 N–H and O–H groups in total. The summed E-state index contributed by atoms with van der Waals surface area (Å²) in [6.45, 7) is 6.05. The Morgan fingerprint density at radius 1 is 1.39 bits per heavy atom. The molecule has 0 aliphatic rings. The van der Waals surface area contributed by atoms with E-state index < -0.39 is 0 Å². The standard InChI is InChI=1S/C12H15ClN4S/c1-4-10-16-9(13)5-11(17-10)15-8(3)12-14-7(2)6-18-12/h5-6,8H,4H2,1-3H3,(H,15,16,17). The summed E-state index contributed by atoms with van der Waals surface area (Å²) >= 11 is 7.60. The van der Waals surface area contributed by atoms with Gasteiger partial charge in [0.2, 0.25) is 0 Å². The number of anilines is 1. The SMILES string of the molecule is CCc1nc(Cl)cc(NC(C)c2nc(C)cs2)n1. The van der Waals surface area contributed by atoms with Gasteiger partial charge in [-0.05, 0) is 13.8 Å². The number of rotatable bonds is 4. The molecule has 96 valence electrons. The summed E-state index contributed by atoms with van der Waals surface area (Å²) in [5.41, 5.74) is 1.04. The van der Waals surface area contributed by atoms with Crippen LogP contribution in [0.15, 0.2) is 11.4 Å². The second-order valence-corrected chi connectivity index (χ2v) is 5.32. The van der Waals surface area contributed by atoms with Gasteiger partial charge >= 0.3 is 0 Å². The molecule has 18 heavy (non-hydrogen) atoms. The van der Waals surface area contributed by atoms with Crippen molar-refractivity contribution in [3.05, 3.63) is 33.1 Å². The molecule has 2 rings (SSSR count). The third-order valence-electron chi connectivity index (χ3n) is 2.43. The van der Waals surface area contributed by atoms with Crippen molar-refractivity contribution in [1.82, 2.24) is 15.0 Å². The lowest BCUT2D eigenvalue weighted by Crippen LogP contribution is -2.09. The number of hydrogen-bond acceptors (Lipinski definition) is 5. The summed E-state index contributed by atoms with van der Waals surface area (Å²) in [5, 5.41) is 6.85. The first-order valence-electron chi connectivity index (χ1n) is 5.80. The van der Waals surface area contributed by atoms with Crippen LogP contribution in [0.5, 0.6) is 0 Å². The maximum absolute atomic E-state index is 5.96. The summed E-state index contributed by atoms with van der Waals surface area (Å²) in [7, 11) is 0. The first-order chi connectivity index (χ1) is 8.58. The smallest absolute Gasteiger partial charge is 0.134 e. The number of nitrogens with one attached hydrogen (secondary N) is 1. The van der Waals surface area contributed by atoms with Crippen molar-refractivity contribution in [2.45, 2.75) is 33.2 Å². The molecule has 0 aliphatic heterocycles. The number of nitrogens with zero attached hydrogens (tertiary/aromatic N) is 3. The van der Waals surface area contributed by atoms with Crippen LogP contribution >= 0.6 is 22.9 Å². The van der Waals surface area contributed by atoms with E-state index >= 15 is 0 Å². The minimum Gasteiger partial charge on any atom is -0.361 e. The van der Waals surface area contributed by atoms with E-state index in [2.05, 4.69) is 27.2 Å². The molecule has 1 unspecified atom stereocenters. The van der Waals surface area contributed by atoms with E-state index in [0.717, 1.165) is 28.8 Å². The van der Waals surface area contributed by atoms with Crippen molar-refractivity contribution in [2.24, 2.45) is 0 Å². The highest BCUT2D eigenvalue weighted by Gasteiger charge is 2.11. The maximum Gasteiger partial charge on any atom is 0.134 e. The zero-order valence-corrected chi connectivity index (χ0v) is 12.1. The Balaban J connectivity index is 2.16. The van der Waals surface area contributed by atoms with Crippen molar-refractivity contribution in [3.8, 4) is 0 Å². The van der Waals surface area contributed by atoms with Crippen molar-refractivity contribution in [1.29, 1.82) is 0 Å². The molecule has 0 radical (unpaired) electrons. The summed E-state index contributed by atoms with van der Waals surface area (Å²) in [4.78, 5) is 13.0. The predicted octanol–water partition coefficient (Wildman–Crippen LogP) is 3.63. The molecular weight excluding hydrogens is 268 g/mol. The number of thiazole rings is 1. The lowest BCUT2D eigenvalue weighted by molar-refractivity contribution is 0.842. The average molecular weight is 283 g/mol. The summed E-state index contributed by atoms with van der Waals surface area (Å²) < 4.78 is 0. The fourth-order valence-electron chi connectivity index (χ4n) is 1.55. The van der Waals surface area contributed by atoms with Gasteiger partial charge in [0.25, 0.3) is 0 Å². The van der Waals surface area contributed by atoms with Gasteiger partial charge in [0.1, 0.15) is 21.8 Å². The summed E-state index contributed by atoms with van der Waals surface area (Å²) in [5.74, 6) is 1.49. The fraction of sp³-hybridized carbons (Fsp3) is 0.417. The summed E-state index contributed by atoms with van der Waals surface area (Å²) in [6.07, 6.45) is 0.764. The van der Waals surface area contributed by atoms with E-state index in [4.69, 9.17) is 11.6 Å². The van der Waals surface area contributed by atoms with Crippen LogP contribution in [0.4, 0.5) is 5.82 Å². The predicted molar refractivity (Wildman–Crippen MR) is 75.3 cm³/mol. The van der Waals surface area contributed by atoms with Gasteiger partial charge in [-0.1, -0.05) is 18.5 Å². The molecule has 0 amide bonds. The van der Waals surface area contributed by atoms with Crippen LogP contribution < -0.4 is 5.32 Å². The highest BCUT2D eigenvalue weighted by atomic mass is 35.5. The van der Waals surface area contributed by atoms with Crippen molar-refractivity contribution in [2.75, 3.05) is 5.32 Å². The Hall–Kier alpha value is -1.20. The molecule has 0 saturated heterocycles. The highest BCUT2D eigenvalue weighted by molar-refractivity contribution is 7.09. The molecule has 6 heteroatoms. The van der Waals surface area contributed by atoms with E-state index in [1.165, 1.54) is 0 Å². The molecule has 2 aromatic rings. The Morgan fingerprint density at radius 2 is 2.17 bits per heavy atom. The Kier molecular flexibility index (Phi) is 4.14. The van der Waals surface area contributed by atoms with E-state index in [0.29, 0.717) is 5.15 Å². The van der Waals surface area contributed by atoms with Crippen molar-refractivity contribution >= 4 is 28.8 Å². The van der Waals surface area contributed by atoms with Crippen molar-refractivity contribution in [3.63, 3.8) is 0 Å². The molecule has 2 aromatic heterocycles. The van der Waals surface area contributed by atoms with Crippen LogP contribution in [-0.2, 0) is 6.42 Å². The third kappa shape index (κ3) is 3.17. The van der Waals surface area contributed by atoms with Crippen LogP contribution in [0.25, 0.3) is 0 Å². The molecule has 0 aromatic carbocycles. The molecule has 0 bridgehead atoms. The van der Waals surface area contributed by atoms with Gasteiger partial charge in [-0.25, -0.2) is 15.0 Å². The Labute approximate surface area is 115 Å². The van der Waals surface area contributed by atoms with E-state index in [1.54, 1.807) is 17.4 Å². The van der Waals surface area contributed by atoms with E-state index in [-0.39, 0.29) is 6.04 Å². The van der Waals surface area contributed by atoms with Crippen molar-refractivity contribution < 1.29 is 0 Å². The molecule has 0 aliphatic carbocycles.